The van der Waals surface area contributed by atoms with Crippen molar-refractivity contribution in [2.75, 3.05) is 13.7 Å². The number of amides is 1. The second-order valence-corrected chi connectivity index (χ2v) is 5.89. The van der Waals surface area contributed by atoms with Crippen molar-refractivity contribution in [1.82, 2.24) is 4.90 Å². The van der Waals surface area contributed by atoms with E-state index in [1.165, 1.54) is 11.1 Å². The molecule has 0 aliphatic heterocycles. The van der Waals surface area contributed by atoms with Crippen LogP contribution >= 0.6 is 0 Å². The first-order valence-corrected chi connectivity index (χ1v) is 7.49. The smallest absolute Gasteiger partial charge is 0.225 e. The first kappa shape index (κ1) is 15.0. The van der Waals surface area contributed by atoms with Crippen molar-refractivity contribution >= 4 is 5.91 Å². The molecule has 1 aliphatic rings. The highest BCUT2D eigenvalue weighted by atomic mass is 16.5. The summed E-state index contributed by atoms with van der Waals surface area (Å²) in [5, 5.41) is 0. The molecule has 0 heterocycles. The van der Waals surface area contributed by atoms with Crippen LogP contribution in [-0.4, -0.2) is 30.6 Å². The van der Waals surface area contributed by atoms with Crippen LogP contribution in [0.25, 0.3) is 0 Å². The minimum atomic E-state index is 0.210. The van der Waals surface area contributed by atoms with E-state index in [2.05, 4.69) is 38.1 Å². The average molecular weight is 275 g/mol. The fourth-order valence-electron chi connectivity index (χ4n) is 2.34. The Balaban J connectivity index is 1.99. The van der Waals surface area contributed by atoms with Crippen LogP contribution in [0, 0.1) is 0 Å². The van der Waals surface area contributed by atoms with Gasteiger partial charge in [-0.15, -0.1) is 0 Å². The molecule has 3 nitrogen and oxygen atoms in total. The van der Waals surface area contributed by atoms with Gasteiger partial charge in [-0.2, -0.15) is 0 Å². The van der Waals surface area contributed by atoms with Crippen molar-refractivity contribution in [2.45, 2.75) is 51.6 Å². The number of hydrogen-bond donors (Lipinski definition) is 0. The summed E-state index contributed by atoms with van der Waals surface area (Å²) in [5.41, 5.74) is 2.56. The summed E-state index contributed by atoms with van der Waals surface area (Å²) in [6.07, 6.45) is 2.77. The van der Waals surface area contributed by atoms with Crippen LogP contribution < -0.4 is 0 Å². The van der Waals surface area contributed by atoms with Crippen LogP contribution in [0.3, 0.4) is 0 Å². The maximum absolute atomic E-state index is 12.2. The Kier molecular flexibility index (Phi) is 5.18. The molecule has 0 N–H and O–H groups in total. The summed E-state index contributed by atoms with van der Waals surface area (Å²) >= 11 is 0. The molecule has 0 bridgehead atoms. The Hall–Kier alpha value is -1.35. The molecule has 0 unspecified atom stereocenters. The summed E-state index contributed by atoms with van der Waals surface area (Å²) < 4.78 is 5.01. The number of carbonyl (C=O) groups excluding carboxylic acids is 1. The quantitative estimate of drug-likeness (QED) is 0.764. The number of rotatable bonds is 7. The van der Waals surface area contributed by atoms with Crippen molar-refractivity contribution in [3.8, 4) is 0 Å². The van der Waals surface area contributed by atoms with Gasteiger partial charge >= 0.3 is 0 Å². The fourth-order valence-corrected chi connectivity index (χ4v) is 2.34. The Labute approximate surface area is 121 Å². The molecule has 1 aliphatic carbocycles. The highest BCUT2D eigenvalue weighted by molar-refractivity contribution is 5.77. The number of ether oxygens (including phenoxy) is 1. The minimum absolute atomic E-state index is 0.210. The van der Waals surface area contributed by atoms with Gasteiger partial charge in [0.15, 0.2) is 0 Å². The van der Waals surface area contributed by atoms with E-state index in [4.69, 9.17) is 4.74 Å². The zero-order valence-corrected chi connectivity index (χ0v) is 12.8. The van der Waals surface area contributed by atoms with Gasteiger partial charge in [0, 0.05) is 19.7 Å². The predicted molar refractivity (Wildman–Crippen MR) is 80.6 cm³/mol. The number of hydrogen-bond acceptors (Lipinski definition) is 2. The van der Waals surface area contributed by atoms with Gasteiger partial charge in [0.25, 0.3) is 0 Å². The third-order valence-corrected chi connectivity index (χ3v) is 3.83. The molecule has 1 fully saturated rings. The molecule has 0 atom stereocenters. The standard InChI is InChI=1S/C17H25NO2/c1-13(2)15-6-4-14(5-7-15)12-18(16-8-9-16)17(19)10-11-20-3/h4-7,13,16H,8-12H2,1-3H3. The first-order chi connectivity index (χ1) is 9.61. The first-order valence-electron chi connectivity index (χ1n) is 7.49. The van der Waals surface area contributed by atoms with Crippen LogP contribution in [0.1, 0.15) is 50.2 Å². The van der Waals surface area contributed by atoms with Crippen molar-refractivity contribution in [3.63, 3.8) is 0 Å². The molecular weight excluding hydrogens is 250 g/mol. The topological polar surface area (TPSA) is 29.5 Å². The van der Waals surface area contributed by atoms with Crippen LogP contribution in [0.5, 0.6) is 0 Å². The molecule has 110 valence electrons. The zero-order valence-electron chi connectivity index (χ0n) is 12.8. The summed E-state index contributed by atoms with van der Waals surface area (Å²) in [5.74, 6) is 0.759. The Morgan fingerprint density at radius 2 is 1.95 bits per heavy atom. The zero-order chi connectivity index (χ0) is 14.5. The maximum atomic E-state index is 12.2. The van der Waals surface area contributed by atoms with Gasteiger partial charge in [-0.05, 0) is 29.9 Å². The molecule has 20 heavy (non-hydrogen) atoms. The van der Waals surface area contributed by atoms with Crippen LogP contribution in [-0.2, 0) is 16.1 Å². The van der Waals surface area contributed by atoms with E-state index in [1.807, 2.05) is 4.90 Å². The second-order valence-electron chi connectivity index (χ2n) is 5.89. The van der Waals surface area contributed by atoms with Crippen molar-refractivity contribution in [3.05, 3.63) is 35.4 Å². The number of methoxy groups -OCH3 is 1. The predicted octanol–water partition coefficient (Wildman–Crippen LogP) is 3.34. The van der Waals surface area contributed by atoms with E-state index < -0.39 is 0 Å². The fraction of sp³-hybridized carbons (Fsp3) is 0.588. The van der Waals surface area contributed by atoms with Crippen molar-refractivity contribution in [2.24, 2.45) is 0 Å². The van der Waals surface area contributed by atoms with E-state index in [9.17, 15) is 4.79 Å². The third-order valence-electron chi connectivity index (χ3n) is 3.83. The second kappa shape index (κ2) is 6.89. The van der Waals surface area contributed by atoms with Crippen molar-refractivity contribution in [1.29, 1.82) is 0 Å². The summed E-state index contributed by atoms with van der Waals surface area (Å²) in [4.78, 5) is 14.2. The van der Waals surface area contributed by atoms with Gasteiger partial charge in [0.1, 0.15) is 0 Å². The van der Waals surface area contributed by atoms with E-state index in [0.717, 1.165) is 19.4 Å². The lowest BCUT2D eigenvalue weighted by Gasteiger charge is -2.23. The van der Waals surface area contributed by atoms with Crippen LogP contribution in [0.4, 0.5) is 0 Å². The molecule has 2 rings (SSSR count). The summed E-state index contributed by atoms with van der Waals surface area (Å²) in [7, 11) is 1.64. The van der Waals surface area contributed by atoms with Gasteiger partial charge in [-0.1, -0.05) is 38.1 Å². The number of carbonyl (C=O) groups is 1. The molecule has 1 saturated carbocycles. The van der Waals surface area contributed by atoms with Crippen LogP contribution in [0.15, 0.2) is 24.3 Å². The largest absolute Gasteiger partial charge is 0.384 e. The third kappa shape index (κ3) is 4.07. The average Bonchev–Trinajstić information content (AvgIpc) is 3.27. The molecule has 0 radical (unpaired) electrons. The van der Waals surface area contributed by atoms with Crippen LogP contribution in [0.2, 0.25) is 0 Å². The maximum Gasteiger partial charge on any atom is 0.225 e. The molecule has 1 amide bonds. The highest BCUT2D eigenvalue weighted by Gasteiger charge is 2.32. The van der Waals surface area contributed by atoms with E-state index in [-0.39, 0.29) is 5.91 Å². The lowest BCUT2D eigenvalue weighted by Crippen LogP contribution is -2.33. The Morgan fingerprint density at radius 3 is 2.45 bits per heavy atom. The molecule has 1 aromatic carbocycles. The van der Waals surface area contributed by atoms with Gasteiger partial charge in [0.05, 0.1) is 13.0 Å². The number of benzene rings is 1. The lowest BCUT2D eigenvalue weighted by molar-refractivity contribution is -0.133. The summed E-state index contributed by atoms with van der Waals surface area (Å²) in [6.45, 7) is 5.62. The lowest BCUT2D eigenvalue weighted by atomic mass is 10.0. The molecule has 0 aromatic heterocycles. The van der Waals surface area contributed by atoms with E-state index >= 15 is 0 Å². The summed E-state index contributed by atoms with van der Waals surface area (Å²) in [6, 6.07) is 9.09. The minimum Gasteiger partial charge on any atom is -0.384 e. The normalized spacial score (nSPS) is 14.6. The van der Waals surface area contributed by atoms with Gasteiger partial charge in [0.2, 0.25) is 5.91 Å². The van der Waals surface area contributed by atoms with Gasteiger partial charge < -0.3 is 9.64 Å². The molecule has 3 heteroatoms. The molecule has 0 saturated heterocycles. The van der Waals surface area contributed by atoms with Gasteiger partial charge in [-0.25, -0.2) is 0 Å². The molecule has 1 aromatic rings. The number of nitrogens with zero attached hydrogens (tertiary/aromatic N) is 1. The van der Waals surface area contributed by atoms with E-state index in [0.29, 0.717) is 25.0 Å². The van der Waals surface area contributed by atoms with E-state index in [1.54, 1.807) is 7.11 Å². The van der Waals surface area contributed by atoms with Gasteiger partial charge in [-0.3, -0.25) is 4.79 Å². The van der Waals surface area contributed by atoms with Crippen molar-refractivity contribution < 1.29 is 9.53 Å². The monoisotopic (exact) mass is 275 g/mol. The Morgan fingerprint density at radius 1 is 1.30 bits per heavy atom. The Bertz CT molecular complexity index is 435. The molecule has 0 spiro atoms. The highest BCUT2D eigenvalue weighted by Crippen LogP contribution is 2.29. The SMILES string of the molecule is COCCC(=O)N(Cc1ccc(C(C)C)cc1)C1CC1. The molecular formula is C17H25NO2.